The smallest absolute Gasteiger partial charge is 0.186 e. The van der Waals surface area contributed by atoms with E-state index in [2.05, 4.69) is 0 Å². The van der Waals surface area contributed by atoms with E-state index >= 15 is 0 Å². The van der Waals surface area contributed by atoms with Crippen LogP contribution in [0.4, 0.5) is 0 Å². The maximum Gasteiger partial charge on any atom is 0.186 e. The summed E-state index contributed by atoms with van der Waals surface area (Å²) < 4.78 is 11.8. The normalized spacial score (nSPS) is 43.7. The van der Waals surface area contributed by atoms with Crippen LogP contribution in [0.3, 0.4) is 0 Å². The summed E-state index contributed by atoms with van der Waals surface area (Å²) in [6.07, 6.45) is -2.19. The number of hydrogen-bond donors (Lipinski definition) is 7. The van der Waals surface area contributed by atoms with Crippen LogP contribution in [-0.2, 0) is 9.47 Å². The molecule has 2 fully saturated rings. The maximum atomic E-state index is 10.8. The third-order valence-corrected chi connectivity index (χ3v) is 8.26. The van der Waals surface area contributed by atoms with Crippen LogP contribution in [0.15, 0.2) is 22.8 Å². The zero-order chi connectivity index (χ0) is 25.3. The summed E-state index contributed by atoms with van der Waals surface area (Å²) in [5.74, 6) is -0.263. The molecule has 0 spiro atoms. The first-order valence-electron chi connectivity index (χ1n) is 12.2. The van der Waals surface area contributed by atoms with Crippen molar-refractivity contribution in [2.45, 2.75) is 89.7 Å². The molecule has 0 aromatic rings. The number of aliphatic hydroxyl groups excluding tert-OH is 7. The summed E-state index contributed by atoms with van der Waals surface area (Å²) >= 11 is 0. The van der Waals surface area contributed by atoms with Gasteiger partial charge in [-0.05, 0) is 55.4 Å². The van der Waals surface area contributed by atoms with Crippen molar-refractivity contribution in [3.63, 3.8) is 0 Å². The second kappa shape index (κ2) is 11.0. The average Bonchev–Trinajstić information content (AvgIpc) is 2.77. The molecule has 1 saturated heterocycles. The highest BCUT2D eigenvalue weighted by atomic mass is 16.7. The minimum atomic E-state index is -1.45. The molecule has 3 rings (SSSR count). The summed E-state index contributed by atoms with van der Waals surface area (Å²) in [4.78, 5) is 0. The van der Waals surface area contributed by atoms with E-state index in [4.69, 9.17) is 9.47 Å². The Kier molecular flexibility index (Phi) is 8.98. The third kappa shape index (κ3) is 5.28. The molecule has 2 aliphatic carbocycles. The van der Waals surface area contributed by atoms with Gasteiger partial charge in [-0.2, -0.15) is 0 Å². The zero-order valence-electron chi connectivity index (χ0n) is 20.4. The average molecular weight is 487 g/mol. The van der Waals surface area contributed by atoms with Crippen molar-refractivity contribution in [1.29, 1.82) is 0 Å². The van der Waals surface area contributed by atoms with E-state index in [9.17, 15) is 35.7 Å². The van der Waals surface area contributed by atoms with Gasteiger partial charge in [0, 0.05) is 12.5 Å². The number of allylic oxidation sites excluding steroid dienone is 2. The van der Waals surface area contributed by atoms with Gasteiger partial charge in [0.1, 0.15) is 18.3 Å². The minimum Gasteiger partial charge on any atom is -0.396 e. The van der Waals surface area contributed by atoms with Gasteiger partial charge in [-0.3, -0.25) is 0 Å². The lowest BCUT2D eigenvalue weighted by Gasteiger charge is -2.60. The van der Waals surface area contributed by atoms with E-state index < -0.39 is 47.6 Å². The van der Waals surface area contributed by atoms with E-state index in [1.165, 1.54) is 0 Å². The van der Waals surface area contributed by atoms with Crippen LogP contribution in [0.1, 0.15) is 52.9 Å². The molecule has 3 aliphatic rings. The van der Waals surface area contributed by atoms with Crippen LogP contribution in [0.5, 0.6) is 0 Å². The van der Waals surface area contributed by atoms with Crippen LogP contribution < -0.4 is 0 Å². The van der Waals surface area contributed by atoms with Crippen LogP contribution in [0, 0.1) is 16.7 Å². The van der Waals surface area contributed by atoms with Gasteiger partial charge in [-0.15, -0.1) is 0 Å². The van der Waals surface area contributed by atoms with E-state index in [0.717, 1.165) is 16.7 Å². The highest BCUT2D eigenvalue weighted by molar-refractivity contribution is 5.32. The van der Waals surface area contributed by atoms with Gasteiger partial charge >= 0.3 is 0 Å². The van der Waals surface area contributed by atoms with Crippen LogP contribution in [0.2, 0.25) is 0 Å². The monoisotopic (exact) mass is 486 g/mol. The van der Waals surface area contributed by atoms with Crippen molar-refractivity contribution in [1.82, 2.24) is 0 Å². The van der Waals surface area contributed by atoms with E-state index in [-0.39, 0.29) is 32.3 Å². The molecule has 0 aromatic heterocycles. The molecule has 1 saturated carbocycles. The number of fused-ring (bicyclic) bond motifs is 1. The molecular weight excluding hydrogens is 444 g/mol. The Hall–Kier alpha value is -0.880. The minimum absolute atomic E-state index is 0.0426. The largest absolute Gasteiger partial charge is 0.396 e. The molecule has 34 heavy (non-hydrogen) atoms. The second-order valence-corrected chi connectivity index (χ2v) is 10.9. The molecule has 196 valence electrons. The van der Waals surface area contributed by atoms with Gasteiger partial charge in [-0.25, -0.2) is 0 Å². The van der Waals surface area contributed by atoms with Crippen LogP contribution in [0.25, 0.3) is 0 Å². The Labute approximate surface area is 201 Å². The molecular formula is C25H42O9. The van der Waals surface area contributed by atoms with Gasteiger partial charge in [0.15, 0.2) is 6.29 Å². The molecule has 0 aromatic carbocycles. The van der Waals surface area contributed by atoms with Gasteiger partial charge in [0.05, 0.1) is 32.0 Å². The Morgan fingerprint density at radius 2 is 1.79 bits per heavy atom. The first kappa shape index (κ1) is 27.7. The predicted molar refractivity (Wildman–Crippen MR) is 123 cm³/mol. The Bertz CT molecular complexity index is 767. The van der Waals surface area contributed by atoms with Gasteiger partial charge in [0.2, 0.25) is 0 Å². The van der Waals surface area contributed by atoms with Gasteiger partial charge in [-0.1, -0.05) is 31.1 Å². The number of rotatable bonds is 8. The maximum absolute atomic E-state index is 10.8. The van der Waals surface area contributed by atoms with Crippen molar-refractivity contribution in [2.75, 3.05) is 26.4 Å². The molecule has 9 unspecified atom stereocenters. The number of aliphatic hydroxyl groups is 7. The van der Waals surface area contributed by atoms with E-state index in [1.54, 1.807) is 6.08 Å². The van der Waals surface area contributed by atoms with Crippen molar-refractivity contribution in [2.24, 2.45) is 16.7 Å². The van der Waals surface area contributed by atoms with Crippen molar-refractivity contribution < 1.29 is 45.2 Å². The standard InChI is InChI=1S/C25H42O9/c1-14(6-7-26)4-5-17-15(11-27)8-19(34-23-21(32)20(31)18(30)12-33-23)22-24(2,13-28)9-16(29)10-25(17,22)3/h6,16,18-23,26-32H,4-5,7-13H2,1-3H3. The fourth-order valence-corrected chi connectivity index (χ4v) is 6.74. The first-order valence-corrected chi connectivity index (χ1v) is 12.2. The highest BCUT2D eigenvalue weighted by Crippen LogP contribution is 2.61. The summed E-state index contributed by atoms with van der Waals surface area (Å²) in [5.41, 5.74) is 1.55. The fraction of sp³-hybridized carbons (Fsp3) is 0.840. The van der Waals surface area contributed by atoms with Crippen molar-refractivity contribution in [3.05, 3.63) is 22.8 Å². The fourth-order valence-electron chi connectivity index (χ4n) is 6.74. The summed E-state index contributed by atoms with van der Waals surface area (Å²) in [6, 6.07) is 0. The number of hydrogen-bond acceptors (Lipinski definition) is 9. The zero-order valence-corrected chi connectivity index (χ0v) is 20.4. The van der Waals surface area contributed by atoms with Crippen LogP contribution >= 0.6 is 0 Å². The van der Waals surface area contributed by atoms with E-state index in [1.807, 2.05) is 20.8 Å². The molecule has 1 heterocycles. The summed E-state index contributed by atoms with van der Waals surface area (Å²) in [6.45, 7) is 5.31. The SMILES string of the molecule is CC(=CCO)CCC1=C(CO)CC(OC2OCC(O)C(O)C2O)C2C(C)(CO)CC(O)CC12C. The molecule has 0 amide bonds. The van der Waals surface area contributed by atoms with E-state index in [0.29, 0.717) is 32.1 Å². The predicted octanol–water partition coefficient (Wildman–Crippen LogP) is -0.00220. The molecule has 1 aliphatic heterocycles. The van der Waals surface area contributed by atoms with Crippen LogP contribution in [-0.4, -0.2) is 99.0 Å². The molecule has 9 nitrogen and oxygen atoms in total. The van der Waals surface area contributed by atoms with Gasteiger partial charge in [0.25, 0.3) is 0 Å². The lowest BCUT2D eigenvalue weighted by atomic mass is 9.48. The molecule has 9 atom stereocenters. The second-order valence-electron chi connectivity index (χ2n) is 10.9. The first-order chi connectivity index (χ1) is 16.0. The topological polar surface area (TPSA) is 160 Å². The lowest BCUT2D eigenvalue weighted by Crippen LogP contribution is -2.61. The molecule has 9 heteroatoms. The van der Waals surface area contributed by atoms with Crippen molar-refractivity contribution >= 4 is 0 Å². The van der Waals surface area contributed by atoms with Gasteiger partial charge < -0.3 is 45.2 Å². The Morgan fingerprint density at radius 1 is 1.09 bits per heavy atom. The number of ether oxygens (including phenoxy) is 2. The highest BCUT2D eigenvalue weighted by Gasteiger charge is 2.59. The third-order valence-electron chi connectivity index (χ3n) is 8.26. The quantitative estimate of drug-likeness (QED) is 0.234. The Morgan fingerprint density at radius 3 is 2.41 bits per heavy atom. The molecule has 7 N–H and O–H groups in total. The summed E-state index contributed by atoms with van der Waals surface area (Å²) in [7, 11) is 0. The summed E-state index contributed by atoms with van der Waals surface area (Å²) in [5, 5.41) is 71.2. The Balaban J connectivity index is 2.00. The molecule has 0 radical (unpaired) electrons. The molecule has 0 bridgehead atoms. The lowest BCUT2D eigenvalue weighted by molar-refractivity contribution is -0.299. The van der Waals surface area contributed by atoms with Crippen molar-refractivity contribution in [3.8, 4) is 0 Å².